The molecule has 0 aliphatic heterocycles. The number of hydrogen-bond donors (Lipinski definition) is 1. The molecule has 4 heteroatoms. The first-order valence-electron chi connectivity index (χ1n) is 5.80. The summed E-state index contributed by atoms with van der Waals surface area (Å²) in [6.45, 7) is 9.48. The van der Waals surface area contributed by atoms with E-state index in [0.29, 0.717) is 12.5 Å². The van der Waals surface area contributed by atoms with Gasteiger partial charge in [-0.1, -0.05) is 27.7 Å². The lowest BCUT2D eigenvalue weighted by Crippen LogP contribution is -1.99. The van der Waals surface area contributed by atoms with E-state index < -0.39 is 0 Å². The van der Waals surface area contributed by atoms with Crippen LogP contribution in [0.3, 0.4) is 0 Å². The highest BCUT2D eigenvalue weighted by molar-refractivity contribution is 7.98. The summed E-state index contributed by atoms with van der Waals surface area (Å²) in [6.07, 6.45) is 0. The number of rotatable bonds is 6. The van der Waals surface area contributed by atoms with Gasteiger partial charge in [-0.05, 0) is 17.6 Å². The first-order valence-corrected chi connectivity index (χ1v) is 7.78. The zero-order valence-electron chi connectivity index (χ0n) is 10.6. The minimum atomic E-state index is 0.485. The molecular formula is C12H22N2S2. The molecule has 0 unspecified atom stereocenters. The van der Waals surface area contributed by atoms with Gasteiger partial charge >= 0.3 is 0 Å². The van der Waals surface area contributed by atoms with Gasteiger partial charge in [0.2, 0.25) is 0 Å². The van der Waals surface area contributed by atoms with E-state index in [1.54, 1.807) is 11.3 Å². The normalized spacial score (nSPS) is 11.7. The van der Waals surface area contributed by atoms with Gasteiger partial charge in [0.05, 0.1) is 5.69 Å². The van der Waals surface area contributed by atoms with Crippen molar-refractivity contribution < 1.29 is 0 Å². The lowest BCUT2D eigenvalue weighted by atomic mass is 10.1. The van der Waals surface area contributed by atoms with Crippen molar-refractivity contribution in [2.45, 2.75) is 45.9 Å². The number of nitrogens with two attached hydrogens (primary N) is 1. The average molecular weight is 258 g/mol. The molecule has 0 aromatic carbocycles. The second kappa shape index (κ2) is 6.62. The van der Waals surface area contributed by atoms with Crippen LogP contribution in [0.25, 0.3) is 0 Å². The zero-order valence-corrected chi connectivity index (χ0v) is 12.3. The van der Waals surface area contributed by atoms with Crippen LogP contribution >= 0.6 is 23.1 Å². The van der Waals surface area contributed by atoms with Gasteiger partial charge in [0.15, 0.2) is 0 Å². The third kappa shape index (κ3) is 4.07. The molecule has 0 bridgehead atoms. The third-order valence-electron chi connectivity index (χ3n) is 2.18. The average Bonchev–Trinajstić information content (AvgIpc) is 2.60. The fourth-order valence-corrected chi connectivity index (χ4v) is 3.67. The minimum absolute atomic E-state index is 0.485. The smallest absolute Gasteiger partial charge is 0.103 e. The summed E-state index contributed by atoms with van der Waals surface area (Å²) in [4.78, 5) is 5.95. The number of thiazole rings is 1. The molecule has 0 aliphatic carbocycles. The molecule has 0 saturated heterocycles. The Kier molecular flexibility index (Phi) is 5.79. The van der Waals surface area contributed by atoms with Crippen LogP contribution in [-0.4, -0.2) is 10.7 Å². The van der Waals surface area contributed by atoms with Crippen molar-refractivity contribution in [2.24, 2.45) is 11.7 Å². The summed E-state index contributed by atoms with van der Waals surface area (Å²) in [5.74, 6) is 3.47. The standard InChI is InChI=1S/C12H22N2S2/c1-8(2)6-15-7-11-14-12(9(3)4)10(5-13)16-11/h8-9H,5-7,13H2,1-4H3. The van der Waals surface area contributed by atoms with E-state index in [4.69, 9.17) is 10.7 Å². The third-order valence-corrected chi connectivity index (χ3v) is 4.84. The van der Waals surface area contributed by atoms with Crippen LogP contribution in [0.1, 0.15) is 49.2 Å². The van der Waals surface area contributed by atoms with Gasteiger partial charge in [0.1, 0.15) is 5.01 Å². The summed E-state index contributed by atoms with van der Waals surface area (Å²) in [7, 11) is 0. The van der Waals surface area contributed by atoms with Crippen molar-refractivity contribution in [1.29, 1.82) is 0 Å². The molecule has 0 spiro atoms. The van der Waals surface area contributed by atoms with E-state index in [2.05, 4.69) is 27.7 Å². The van der Waals surface area contributed by atoms with Gasteiger partial charge < -0.3 is 5.73 Å². The van der Waals surface area contributed by atoms with Crippen LogP contribution in [0.4, 0.5) is 0 Å². The van der Waals surface area contributed by atoms with Crippen molar-refractivity contribution in [3.8, 4) is 0 Å². The van der Waals surface area contributed by atoms with Crippen LogP contribution in [0.5, 0.6) is 0 Å². The second-order valence-corrected chi connectivity index (χ2v) is 6.88. The Hall–Kier alpha value is -0.0600. The maximum absolute atomic E-state index is 5.74. The molecule has 92 valence electrons. The van der Waals surface area contributed by atoms with Gasteiger partial charge in [0.25, 0.3) is 0 Å². The SMILES string of the molecule is CC(C)CSCc1nc(C(C)C)c(CN)s1. The quantitative estimate of drug-likeness (QED) is 0.847. The van der Waals surface area contributed by atoms with Crippen molar-refractivity contribution >= 4 is 23.1 Å². The molecule has 0 atom stereocenters. The predicted octanol–water partition coefficient (Wildman–Crippen LogP) is 3.61. The highest BCUT2D eigenvalue weighted by Gasteiger charge is 2.12. The fraction of sp³-hybridized carbons (Fsp3) is 0.750. The number of aromatic nitrogens is 1. The van der Waals surface area contributed by atoms with E-state index in [9.17, 15) is 0 Å². The van der Waals surface area contributed by atoms with Crippen LogP contribution in [-0.2, 0) is 12.3 Å². The highest BCUT2D eigenvalue weighted by atomic mass is 32.2. The van der Waals surface area contributed by atoms with E-state index in [1.165, 1.54) is 21.3 Å². The Morgan fingerprint density at radius 2 is 2.00 bits per heavy atom. The minimum Gasteiger partial charge on any atom is -0.326 e. The first-order chi connectivity index (χ1) is 7.54. The molecule has 2 N–H and O–H groups in total. The highest BCUT2D eigenvalue weighted by Crippen LogP contribution is 2.27. The zero-order chi connectivity index (χ0) is 12.1. The number of nitrogens with zero attached hydrogens (tertiary/aromatic N) is 1. The topological polar surface area (TPSA) is 38.9 Å². The summed E-state index contributed by atoms with van der Waals surface area (Å²) < 4.78 is 0. The molecule has 2 nitrogen and oxygen atoms in total. The maximum Gasteiger partial charge on any atom is 0.103 e. The molecule has 0 aliphatic rings. The summed E-state index contributed by atoms with van der Waals surface area (Å²) in [6, 6.07) is 0. The Bertz CT molecular complexity index is 319. The first kappa shape index (κ1) is 14.0. The van der Waals surface area contributed by atoms with Crippen molar-refractivity contribution in [2.75, 3.05) is 5.75 Å². The van der Waals surface area contributed by atoms with Crippen LogP contribution < -0.4 is 5.73 Å². The van der Waals surface area contributed by atoms with Crippen molar-refractivity contribution in [3.05, 3.63) is 15.6 Å². The lowest BCUT2D eigenvalue weighted by Gasteiger charge is -2.02. The Labute approximate surface area is 107 Å². The molecule has 0 fully saturated rings. The fourth-order valence-electron chi connectivity index (χ4n) is 1.46. The van der Waals surface area contributed by atoms with E-state index in [0.717, 1.165) is 11.7 Å². The lowest BCUT2D eigenvalue weighted by molar-refractivity contribution is 0.750. The van der Waals surface area contributed by atoms with E-state index in [-0.39, 0.29) is 0 Å². The summed E-state index contributed by atoms with van der Waals surface area (Å²) in [5, 5.41) is 1.23. The van der Waals surface area contributed by atoms with Gasteiger partial charge in [-0.15, -0.1) is 11.3 Å². The molecule has 0 saturated carbocycles. The number of thioether (sulfide) groups is 1. The molecule has 0 radical (unpaired) electrons. The molecule has 0 amide bonds. The van der Waals surface area contributed by atoms with Gasteiger partial charge in [-0.25, -0.2) is 4.98 Å². The van der Waals surface area contributed by atoms with Crippen molar-refractivity contribution in [1.82, 2.24) is 4.98 Å². The van der Waals surface area contributed by atoms with Crippen LogP contribution in [0, 0.1) is 5.92 Å². The maximum atomic E-state index is 5.74. The van der Waals surface area contributed by atoms with E-state index in [1.807, 2.05) is 11.8 Å². The number of hydrogen-bond acceptors (Lipinski definition) is 4. The van der Waals surface area contributed by atoms with Crippen LogP contribution in [0.15, 0.2) is 0 Å². The van der Waals surface area contributed by atoms with Gasteiger partial charge in [0, 0.05) is 17.2 Å². The summed E-state index contributed by atoms with van der Waals surface area (Å²) >= 11 is 3.75. The molecule has 16 heavy (non-hydrogen) atoms. The molecule has 1 heterocycles. The van der Waals surface area contributed by atoms with Crippen LogP contribution in [0.2, 0.25) is 0 Å². The Morgan fingerprint density at radius 1 is 1.31 bits per heavy atom. The largest absolute Gasteiger partial charge is 0.326 e. The van der Waals surface area contributed by atoms with E-state index >= 15 is 0 Å². The monoisotopic (exact) mass is 258 g/mol. The van der Waals surface area contributed by atoms with Crippen molar-refractivity contribution in [3.63, 3.8) is 0 Å². The Morgan fingerprint density at radius 3 is 2.44 bits per heavy atom. The molecule has 1 aromatic heterocycles. The predicted molar refractivity (Wildman–Crippen MR) is 75.1 cm³/mol. The molecule has 1 rings (SSSR count). The Balaban J connectivity index is 2.60. The van der Waals surface area contributed by atoms with Gasteiger partial charge in [-0.2, -0.15) is 11.8 Å². The molecular weight excluding hydrogens is 236 g/mol. The van der Waals surface area contributed by atoms with Gasteiger partial charge in [-0.3, -0.25) is 0 Å². The molecule has 1 aromatic rings. The second-order valence-electron chi connectivity index (χ2n) is 4.68. The summed E-state index contributed by atoms with van der Waals surface area (Å²) in [5.41, 5.74) is 6.94.